The second-order valence-corrected chi connectivity index (χ2v) is 6.67. The van der Waals surface area contributed by atoms with Crippen molar-refractivity contribution in [3.05, 3.63) is 109 Å². The lowest BCUT2D eigenvalue weighted by molar-refractivity contribution is 0.177. The number of nitrogens with zero attached hydrogens (tertiary/aromatic N) is 2. The fraction of sp³-hybridized carbons (Fsp3) is 0.115. The molecule has 0 atom stereocenters. The van der Waals surface area contributed by atoms with Crippen molar-refractivity contribution in [2.24, 2.45) is 0 Å². The number of ether oxygens (including phenoxy) is 1. The van der Waals surface area contributed by atoms with E-state index in [1.54, 1.807) is 0 Å². The molecule has 0 aliphatic rings. The Kier molecular flexibility index (Phi) is 5.98. The van der Waals surface area contributed by atoms with Crippen LogP contribution >= 0.6 is 0 Å². The summed E-state index contributed by atoms with van der Waals surface area (Å²) in [7, 11) is 0. The SMILES string of the molecule is CCOC/C=C(\c1ccccc1)n1nc(-c2ccccc2)cc1-c1ccccc1. The number of hydrogen-bond donors (Lipinski definition) is 0. The number of aromatic nitrogens is 2. The highest BCUT2D eigenvalue weighted by molar-refractivity contribution is 5.76. The molecule has 0 amide bonds. The Bertz CT molecular complexity index is 1070. The molecule has 144 valence electrons. The van der Waals surface area contributed by atoms with E-state index in [1.165, 1.54) is 0 Å². The first-order chi connectivity index (χ1) is 14.4. The normalized spacial score (nSPS) is 11.6. The molecule has 0 aliphatic heterocycles. The summed E-state index contributed by atoms with van der Waals surface area (Å²) in [6.07, 6.45) is 2.10. The molecule has 0 fully saturated rings. The van der Waals surface area contributed by atoms with Crippen LogP contribution in [0.15, 0.2) is 103 Å². The van der Waals surface area contributed by atoms with E-state index >= 15 is 0 Å². The van der Waals surface area contributed by atoms with Gasteiger partial charge in [0, 0.05) is 17.7 Å². The van der Waals surface area contributed by atoms with Gasteiger partial charge in [0.1, 0.15) is 0 Å². The van der Waals surface area contributed by atoms with Crippen LogP contribution < -0.4 is 0 Å². The topological polar surface area (TPSA) is 27.1 Å². The van der Waals surface area contributed by atoms with Gasteiger partial charge in [-0.05, 0) is 24.6 Å². The molecule has 0 spiro atoms. The summed E-state index contributed by atoms with van der Waals surface area (Å²) in [5.74, 6) is 0. The van der Waals surface area contributed by atoms with E-state index in [1.807, 2.05) is 54.1 Å². The van der Waals surface area contributed by atoms with Crippen LogP contribution in [-0.2, 0) is 4.74 Å². The molecule has 1 heterocycles. The molecule has 0 N–H and O–H groups in total. The minimum absolute atomic E-state index is 0.537. The number of hydrogen-bond acceptors (Lipinski definition) is 2. The Morgan fingerprint density at radius 2 is 1.41 bits per heavy atom. The third kappa shape index (κ3) is 4.36. The van der Waals surface area contributed by atoms with Gasteiger partial charge in [-0.2, -0.15) is 5.10 Å². The van der Waals surface area contributed by atoms with Crippen molar-refractivity contribution >= 4 is 5.70 Å². The van der Waals surface area contributed by atoms with Crippen molar-refractivity contribution in [2.75, 3.05) is 13.2 Å². The third-order valence-corrected chi connectivity index (χ3v) is 4.74. The van der Waals surface area contributed by atoms with Crippen LogP contribution in [0.4, 0.5) is 0 Å². The smallest absolute Gasteiger partial charge is 0.0934 e. The molecular weight excluding hydrogens is 356 g/mol. The number of benzene rings is 3. The maximum absolute atomic E-state index is 5.63. The summed E-state index contributed by atoms with van der Waals surface area (Å²) >= 11 is 0. The maximum atomic E-state index is 5.63. The van der Waals surface area contributed by atoms with Gasteiger partial charge in [0.05, 0.1) is 23.7 Å². The quantitative estimate of drug-likeness (QED) is 0.360. The van der Waals surface area contributed by atoms with Crippen LogP contribution in [0.25, 0.3) is 28.2 Å². The van der Waals surface area contributed by atoms with Gasteiger partial charge in [-0.3, -0.25) is 0 Å². The average molecular weight is 380 g/mol. The summed E-state index contributed by atoms with van der Waals surface area (Å²) in [4.78, 5) is 0. The molecule has 29 heavy (non-hydrogen) atoms. The second kappa shape index (κ2) is 9.18. The Morgan fingerprint density at radius 3 is 2.03 bits per heavy atom. The van der Waals surface area contributed by atoms with Gasteiger partial charge in [-0.25, -0.2) is 4.68 Å². The van der Waals surface area contributed by atoms with E-state index in [9.17, 15) is 0 Å². The van der Waals surface area contributed by atoms with E-state index in [2.05, 4.69) is 60.7 Å². The first kappa shape index (κ1) is 18.9. The van der Waals surface area contributed by atoms with Crippen LogP contribution in [0.1, 0.15) is 12.5 Å². The highest BCUT2D eigenvalue weighted by Gasteiger charge is 2.15. The van der Waals surface area contributed by atoms with Gasteiger partial charge in [-0.15, -0.1) is 0 Å². The first-order valence-electron chi connectivity index (χ1n) is 9.91. The van der Waals surface area contributed by atoms with Crippen molar-refractivity contribution in [1.29, 1.82) is 0 Å². The fourth-order valence-electron chi connectivity index (χ4n) is 3.32. The molecule has 3 nitrogen and oxygen atoms in total. The zero-order valence-electron chi connectivity index (χ0n) is 16.5. The molecular formula is C26H24N2O. The van der Waals surface area contributed by atoms with Crippen molar-refractivity contribution in [3.8, 4) is 22.5 Å². The zero-order valence-corrected chi connectivity index (χ0v) is 16.5. The van der Waals surface area contributed by atoms with E-state index in [4.69, 9.17) is 9.84 Å². The van der Waals surface area contributed by atoms with Crippen LogP contribution in [0.2, 0.25) is 0 Å². The van der Waals surface area contributed by atoms with Gasteiger partial charge < -0.3 is 4.74 Å². The van der Waals surface area contributed by atoms with E-state index in [0.29, 0.717) is 13.2 Å². The first-order valence-corrected chi connectivity index (χ1v) is 9.91. The molecule has 0 saturated carbocycles. The molecule has 0 unspecified atom stereocenters. The predicted molar refractivity (Wildman–Crippen MR) is 119 cm³/mol. The second-order valence-electron chi connectivity index (χ2n) is 6.67. The van der Waals surface area contributed by atoms with Gasteiger partial charge in [0.25, 0.3) is 0 Å². The molecule has 0 aliphatic carbocycles. The Labute approximate surface area is 171 Å². The van der Waals surface area contributed by atoms with E-state index < -0.39 is 0 Å². The third-order valence-electron chi connectivity index (χ3n) is 4.74. The molecule has 4 aromatic rings. The van der Waals surface area contributed by atoms with Crippen molar-refractivity contribution < 1.29 is 4.74 Å². The Balaban J connectivity index is 1.89. The summed E-state index contributed by atoms with van der Waals surface area (Å²) < 4.78 is 7.66. The lowest BCUT2D eigenvalue weighted by Gasteiger charge is -2.13. The van der Waals surface area contributed by atoms with Crippen molar-refractivity contribution in [3.63, 3.8) is 0 Å². The number of rotatable bonds is 7. The fourth-order valence-corrected chi connectivity index (χ4v) is 3.32. The van der Waals surface area contributed by atoms with Crippen LogP contribution in [0.3, 0.4) is 0 Å². The summed E-state index contributed by atoms with van der Waals surface area (Å²) in [6.45, 7) is 3.22. The van der Waals surface area contributed by atoms with E-state index in [0.717, 1.165) is 33.8 Å². The van der Waals surface area contributed by atoms with Crippen LogP contribution in [-0.4, -0.2) is 23.0 Å². The summed E-state index contributed by atoms with van der Waals surface area (Å²) in [5, 5.41) is 5.01. The zero-order chi connectivity index (χ0) is 19.9. The van der Waals surface area contributed by atoms with Gasteiger partial charge in [0.15, 0.2) is 0 Å². The summed E-state index contributed by atoms with van der Waals surface area (Å²) in [6, 6.07) is 33.2. The molecule has 3 aromatic carbocycles. The van der Waals surface area contributed by atoms with Gasteiger partial charge in [-0.1, -0.05) is 91.0 Å². The molecule has 0 radical (unpaired) electrons. The monoisotopic (exact) mass is 380 g/mol. The lowest BCUT2D eigenvalue weighted by Crippen LogP contribution is -2.05. The molecule has 1 aromatic heterocycles. The highest BCUT2D eigenvalue weighted by atomic mass is 16.5. The predicted octanol–water partition coefficient (Wildman–Crippen LogP) is 6.14. The largest absolute Gasteiger partial charge is 0.378 e. The van der Waals surface area contributed by atoms with Gasteiger partial charge in [0.2, 0.25) is 0 Å². The summed E-state index contributed by atoms with van der Waals surface area (Å²) in [5.41, 5.74) is 6.34. The van der Waals surface area contributed by atoms with Crippen LogP contribution in [0.5, 0.6) is 0 Å². The molecule has 3 heteroatoms. The Hall–Kier alpha value is -3.43. The van der Waals surface area contributed by atoms with Crippen molar-refractivity contribution in [2.45, 2.75) is 6.92 Å². The standard InChI is InChI=1S/C26H24N2O/c1-2-29-19-18-25(22-14-8-4-9-15-22)28-26(23-16-10-5-11-17-23)20-24(27-28)21-12-6-3-7-13-21/h3-18,20H,2,19H2,1H3/b25-18+. The lowest BCUT2D eigenvalue weighted by atomic mass is 10.1. The van der Waals surface area contributed by atoms with Crippen LogP contribution in [0, 0.1) is 0 Å². The minimum Gasteiger partial charge on any atom is -0.378 e. The molecule has 0 saturated heterocycles. The Morgan fingerprint density at radius 1 is 0.828 bits per heavy atom. The van der Waals surface area contributed by atoms with Crippen molar-refractivity contribution in [1.82, 2.24) is 9.78 Å². The molecule has 4 rings (SSSR count). The minimum atomic E-state index is 0.537. The highest BCUT2D eigenvalue weighted by Crippen LogP contribution is 2.30. The molecule has 0 bridgehead atoms. The maximum Gasteiger partial charge on any atom is 0.0934 e. The van der Waals surface area contributed by atoms with E-state index in [-0.39, 0.29) is 0 Å². The average Bonchev–Trinajstić information content (AvgIpc) is 3.24. The van der Waals surface area contributed by atoms with Gasteiger partial charge >= 0.3 is 0 Å².